The van der Waals surface area contributed by atoms with Crippen LogP contribution in [0.4, 0.5) is 24.5 Å². The number of imide groups is 1. The number of alkyl halides is 3. The number of H-pyrrole nitrogens is 1. The Labute approximate surface area is 256 Å². The van der Waals surface area contributed by atoms with Crippen molar-refractivity contribution < 1.29 is 37.0 Å². The number of rotatable bonds is 7. The summed E-state index contributed by atoms with van der Waals surface area (Å²) in [5.74, 6) is -3.56. The Morgan fingerprint density at radius 3 is 2.43 bits per heavy atom. The minimum absolute atomic E-state index is 0.213. The van der Waals surface area contributed by atoms with E-state index < -0.39 is 57.1 Å². The zero-order valence-electron chi connectivity index (χ0n) is 22.7. The Morgan fingerprint density at radius 1 is 0.977 bits per heavy atom. The molecule has 1 saturated heterocycles. The first-order valence-electron chi connectivity index (χ1n) is 13.2. The summed E-state index contributed by atoms with van der Waals surface area (Å²) in [5.41, 5.74) is -0.584. The zero-order chi connectivity index (χ0) is 31.2. The molecule has 0 spiro atoms. The van der Waals surface area contributed by atoms with Crippen LogP contribution in [-0.4, -0.2) is 41.7 Å². The number of thiazole rings is 1. The molecule has 9 nitrogen and oxygen atoms in total. The summed E-state index contributed by atoms with van der Waals surface area (Å²) < 4.78 is 52.8. The number of amides is 3. The first-order chi connectivity index (χ1) is 21.1. The molecule has 14 heteroatoms. The number of carbonyl (C=O) groups is 3. The van der Waals surface area contributed by atoms with E-state index in [1.807, 2.05) is 6.07 Å². The molecule has 6 rings (SSSR count). The summed E-state index contributed by atoms with van der Waals surface area (Å²) in [6.45, 7) is -0.334. The molecule has 0 saturated carbocycles. The van der Waals surface area contributed by atoms with Crippen LogP contribution in [0.3, 0.4) is 0 Å². The van der Waals surface area contributed by atoms with E-state index in [-0.39, 0.29) is 18.1 Å². The van der Waals surface area contributed by atoms with Crippen LogP contribution < -0.4 is 24.6 Å². The number of nitrogens with zero attached hydrogens (tertiary/aromatic N) is 1. The number of thioether (sulfide) groups is 1. The molecular formula is C30H22F3N3O6S2. The lowest BCUT2D eigenvalue weighted by molar-refractivity contribution is -0.137. The van der Waals surface area contributed by atoms with Crippen LogP contribution in [0.5, 0.6) is 11.5 Å². The van der Waals surface area contributed by atoms with Gasteiger partial charge >= 0.3 is 11.0 Å². The molecule has 0 aliphatic carbocycles. The van der Waals surface area contributed by atoms with E-state index in [0.717, 1.165) is 35.2 Å². The van der Waals surface area contributed by atoms with Crippen molar-refractivity contribution in [1.82, 2.24) is 4.98 Å². The van der Waals surface area contributed by atoms with E-state index in [2.05, 4.69) is 10.3 Å². The summed E-state index contributed by atoms with van der Waals surface area (Å²) >= 11 is 1.82. The molecule has 2 aliphatic rings. The first kappa shape index (κ1) is 29.5. The molecule has 0 bridgehead atoms. The fourth-order valence-corrected chi connectivity index (χ4v) is 7.90. The van der Waals surface area contributed by atoms with Gasteiger partial charge in [-0.2, -0.15) is 13.2 Å². The maximum atomic E-state index is 13.9. The van der Waals surface area contributed by atoms with E-state index in [0.29, 0.717) is 26.1 Å². The molecule has 226 valence electrons. The number of carbonyl (C=O) groups excluding carboxylic acids is 3. The highest BCUT2D eigenvalue weighted by Crippen LogP contribution is 2.54. The number of aromatic nitrogens is 1. The predicted octanol–water partition coefficient (Wildman–Crippen LogP) is 5.28. The lowest BCUT2D eigenvalue weighted by atomic mass is 9.83. The van der Waals surface area contributed by atoms with Gasteiger partial charge in [-0.1, -0.05) is 59.5 Å². The molecule has 4 aromatic rings. The van der Waals surface area contributed by atoms with Crippen LogP contribution >= 0.6 is 23.1 Å². The Hall–Kier alpha value is -4.56. The van der Waals surface area contributed by atoms with Crippen molar-refractivity contribution in [2.24, 2.45) is 5.92 Å². The molecule has 0 radical (unpaired) electrons. The first-order valence-corrected chi connectivity index (χ1v) is 14.9. The number of halogens is 3. The largest absolute Gasteiger partial charge is 0.493 e. The molecule has 3 amide bonds. The molecule has 2 aliphatic heterocycles. The predicted molar refractivity (Wildman–Crippen MR) is 157 cm³/mol. The van der Waals surface area contributed by atoms with Gasteiger partial charge in [0.2, 0.25) is 11.8 Å². The Morgan fingerprint density at radius 2 is 1.70 bits per heavy atom. The van der Waals surface area contributed by atoms with Gasteiger partial charge in [0.15, 0.2) is 18.1 Å². The minimum Gasteiger partial charge on any atom is -0.493 e. The van der Waals surface area contributed by atoms with Gasteiger partial charge in [0.05, 0.1) is 29.3 Å². The van der Waals surface area contributed by atoms with Crippen LogP contribution in [0.1, 0.15) is 21.9 Å². The van der Waals surface area contributed by atoms with Gasteiger partial charge in [-0.15, -0.1) is 0 Å². The summed E-state index contributed by atoms with van der Waals surface area (Å²) in [7, 11) is 1.38. The maximum absolute atomic E-state index is 13.9. The van der Waals surface area contributed by atoms with Crippen LogP contribution in [0.15, 0.2) is 82.6 Å². The third kappa shape index (κ3) is 5.35. The van der Waals surface area contributed by atoms with Gasteiger partial charge in [0, 0.05) is 16.5 Å². The number of para-hydroxylation sites is 2. The quantitative estimate of drug-likeness (QED) is 0.264. The monoisotopic (exact) mass is 641 g/mol. The number of fused-ring (bicyclic) bond motifs is 2. The Kier molecular flexibility index (Phi) is 7.72. The second kappa shape index (κ2) is 11.5. The van der Waals surface area contributed by atoms with E-state index in [1.54, 1.807) is 36.4 Å². The average Bonchev–Trinajstić information content (AvgIpc) is 3.49. The molecule has 3 aromatic carbocycles. The van der Waals surface area contributed by atoms with Gasteiger partial charge in [0.1, 0.15) is 5.25 Å². The van der Waals surface area contributed by atoms with Crippen molar-refractivity contribution in [2.75, 3.05) is 23.9 Å². The SMILES string of the molecule is COc1cc([C@@H]2c3sc(=O)[nH]c3S[C@H]3C(=O)N(c4ccccc4C(F)(F)F)C(=O)[C@@H]23)ccc1OCC(=O)Nc1ccccc1. The summed E-state index contributed by atoms with van der Waals surface area (Å²) in [6.07, 6.45) is -4.80. The third-order valence-electron chi connectivity index (χ3n) is 7.24. The topological polar surface area (TPSA) is 118 Å². The Bertz CT molecular complexity index is 1820. The molecular weight excluding hydrogens is 619 g/mol. The highest BCUT2D eigenvalue weighted by molar-refractivity contribution is 8.00. The molecule has 44 heavy (non-hydrogen) atoms. The van der Waals surface area contributed by atoms with Crippen molar-refractivity contribution >= 4 is 52.2 Å². The van der Waals surface area contributed by atoms with Gasteiger partial charge in [-0.05, 0) is 42.0 Å². The number of ether oxygens (including phenoxy) is 2. The van der Waals surface area contributed by atoms with Crippen LogP contribution in [0.25, 0.3) is 0 Å². The van der Waals surface area contributed by atoms with Crippen molar-refractivity contribution in [3.05, 3.63) is 98.5 Å². The number of anilines is 2. The fraction of sp³-hybridized carbons (Fsp3) is 0.200. The standard InChI is InChI=1S/C30H22F3N3O6S2/c1-41-20-13-15(11-12-19(20)42-14-21(37)34-16-7-3-2-4-8-16)22-23-25(43-26-24(22)44-29(40)35-26)28(39)36(27(23)38)18-10-6-5-9-17(18)30(31,32)33/h2-13,22-23,25H,14H2,1H3,(H,34,37)(H,35,40)/t22-,23-,25+/m0/s1. The second-order valence-corrected chi connectivity index (χ2v) is 12.1. The highest BCUT2D eigenvalue weighted by Gasteiger charge is 2.57. The minimum atomic E-state index is -4.80. The van der Waals surface area contributed by atoms with Crippen molar-refractivity contribution in [3.8, 4) is 11.5 Å². The summed E-state index contributed by atoms with van der Waals surface area (Å²) in [4.78, 5) is 55.7. The molecule has 0 unspecified atom stereocenters. The van der Waals surface area contributed by atoms with Crippen molar-refractivity contribution in [3.63, 3.8) is 0 Å². The van der Waals surface area contributed by atoms with E-state index in [4.69, 9.17) is 9.47 Å². The van der Waals surface area contributed by atoms with Crippen LogP contribution in [0, 0.1) is 5.92 Å². The van der Waals surface area contributed by atoms with Gasteiger partial charge in [-0.3, -0.25) is 19.2 Å². The molecule has 3 heterocycles. The molecule has 1 fully saturated rings. The highest BCUT2D eigenvalue weighted by atomic mass is 32.2. The van der Waals surface area contributed by atoms with E-state index >= 15 is 0 Å². The molecule has 1 aromatic heterocycles. The summed E-state index contributed by atoms with van der Waals surface area (Å²) in [6, 6.07) is 18.0. The number of aromatic amines is 1. The van der Waals surface area contributed by atoms with Gasteiger partial charge in [0.25, 0.3) is 5.91 Å². The van der Waals surface area contributed by atoms with Crippen molar-refractivity contribution in [2.45, 2.75) is 22.4 Å². The number of hydrogen-bond donors (Lipinski definition) is 2. The van der Waals surface area contributed by atoms with Crippen LogP contribution in [-0.2, 0) is 20.6 Å². The lowest BCUT2D eigenvalue weighted by Crippen LogP contribution is -2.33. The zero-order valence-corrected chi connectivity index (χ0v) is 24.3. The number of methoxy groups -OCH3 is 1. The van der Waals surface area contributed by atoms with Gasteiger partial charge < -0.3 is 19.8 Å². The maximum Gasteiger partial charge on any atom is 0.418 e. The Balaban J connectivity index is 1.34. The second-order valence-electron chi connectivity index (χ2n) is 9.89. The van der Waals surface area contributed by atoms with E-state index in [1.165, 1.54) is 25.3 Å². The van der Waals surface area contributed by atoms with E-state index in [9.17, 15) is 32.3 Å². The van der Waals surface area contributed by atoms with Crippen LogP contribution in [0.2, 0.25) is 0 Å². The normalized spacial score (nSPS) is 19.4. The average molecular weight is 642 g/mol. The lowest BCUT2D eigenvalue weighted by Gasteiger charge is -2.30. The number of nitrogens with one attached hydrogen (secondary N) is 2. The number of benzene rings is 3. The smallest absolute Gasteiger partial charge is 0.418 e. The molecule has 2 N–H and O–H groups in total. The fourth-order valence-electron chi connectivity index (χ4n) is 5.38. The summed E-state index contributed by atoms with van der Waals surface area (Å²) in [5, 5.41) is 1.99. The van der Waals surface area contributed by atoms with Crippen molar-refractivity contribution in [1.29, 1.82) is 0 Å². The third-order valence-corrected chi connectivity index (χ3v) is 9.64. The number of hydrogen-bond acceptors (Lipinski definition) is 8. The molecule has 3 atom stereocenters. The van der Waals surface area contributed by atoms with Gasteiger partial charge in [-0.25, -0.2) is 4.90 Å².